The SMILES string of the molecule is Cc1ccc2cc(C(CO)NC3CCCC3)ccc2n1. The van der Waals surface area contributed by atoms with Crippen molar-refractivity contribution in [1.82, 2.24) is 10.3 Å². The zero-order chi connectivity index (χ0) is 13.9. The van der Waals surface area contributed by atoms with Crippen molar-refractivity contribution in [3.8, 4) is 0 Å². The Morgan fingerprint density at radius 2 is 2.05 bits per heavy atom. The van der Waals surface area contributed by atoms with Crippen LogP contribution >= 0.6 is 0 Å². The summed E-state index contributed by atoms with van der Waals surface area (Å²) in [5, 5.41) is 14.4. The first-order valence-corrected chi connectivity index (χ1v) is 7.50. The number of hydrogen-bond donors (Lipinski definition) is 2. The van der Waals surface area contributed by atoms with Gasteiger partial charge in [0.05, 0.1) is 18.2 Å². The van der Waals surface area contributed by atoms with E-state index in [1.54, 1.807) is 0 Å². The second-order valence-electron chi connectivity index (χ2n) is 5.79. The molecule has 1 unspecified atom stereocenters. The summed E-state index contributed by atoms with van der Waals surface area (Å²) < 4.78 is 0. The molecule has 0 amide bonds. The molecule has 3 heteroatoms. The summed E-state index contributed by atoms with van der Waals surface area (Å²) in [6, 6.07) is 11.0. The molecular weight excluding hydrogens is 248 g/mol. The molecule has 1 heterocycles. The summed E-state index contributed by atoms with van der Waals surface area (Å²) in [5.74, 6) is 0. The van der Waals surface area contributed by atoms with Crippen LogP contribution in [0, 0.1) is 6.92 Å². The van der Waals surface area contributed by atoms with Gasteiger partial charge in [0.1, 0.15) is 0 Å². The first-order chi connectivity index (χ1) is 9.76. The molecule has 0 bridgehead atoms. The molecule has 20 heavy (non-hydrogen) atoms. The Labute approximate surface area is 120 Å². The molecule has 1 fully saturated rings. The van der Waals surface area contributed by atoms with Crippen molar-refractivity contribution in [1.29, 1.82) is 0 Å². The molecule has 1 aromatic heterocycles. The molecule has 2 N–H and O–H groups in total. The minimum Gasteiger partial charge on any atom is -0.394 e. The molecule has 106 valence electrons. The Bertz CT molecular complexity index is 591. The van der Waals surface area contributed by atoms with Gasteiger partial charge in [0.2, 0.25) is 0 Å². The van der Waals surface area contributed by atoms with E-state index in [0.29, 0.717) is 6.04 Å². The van der Waals surface area contributed by atoms with Crippen molar-refractivity contribution in [2.45, 2.75) is 44.7 Å². The number of nitrogens with zero attached hydrogens (tertiary/aromatic N) is 1. The lowest BCUT2D eigenvalue weighted by molar-refractivity contribution is 0.233. The van der Waals surface area contributed by atoms with Crippen LogP contribution in [0.3, 0.4) is 0 Å². The van der Waals surface area contributed by atoms with E-state index in [0.717, 1.165) is 22.2 Å². The summed E-state index contributed by atoms with van der Waals surface area (Å²) in [5.41, 5.74) is 3.21. The standard InChI is InChI=1S/C17H22N2O/c1-12-6-7-13-10-14(8-9-16(13)18-12)17(11-20)19-15-4-2-3-5-15/h6-10,15,17,19-20H,2-5,11H2,1H3. The van der Waals surface area contributed by atoms with Crippen LogP contribution in [0.5, 0.6) is 0 Å². The fourth-order valence-corrected chi connectivity index (χ4v) is 3.09. The maximum atomic E-state index is 9.68. The number of nitrogens with one attached hydrogen (secondary N) is 1. The highest BCUT2D eigenvalue weighted by atomic mass is 16.3. The number of aliphatic hydroxyl groups excluding tert-OH is 1. The molecule has 1 aromatic carbocycles. The number of aryl methyl sites for hydroxylation is 1. The fraction of sp³-hybridized carbons (Fsp3) is 0.471. The largest absolute Gasteiger partial charge is 0.394 e. The van der Waals surface area contributed by atoms with Gasteiger partial charge >= 0.3 is 0 Å². The molecule has 3 rings (SSSR count). The Kier molecular flexibility index (Phi) is 3.99. The number of benzene rings is 1. The lowest BCUT2D eigenvalue weighted by Crippen LogP contribution is -2.32. The van der Waals surface area contributed by atoms with E-state index >= 15 is 0 Å². The maximum absolute atomic E-state index is 9.68. The Morgan fingerprint density at radius 1 is 1.25 bits per heavy atom. The van der Waals surface area contributed by atoms with Gasteiger partial charge in [-0.2, -0.15) is 0 Å². The number of rotatable bonds is 4. The van der Waals surface area contributed by atoms with Crippen LogP contribution < -0.4 is 5.32 Å². The van der Waals surface area contributed by atoms with Crippen LogP contribution in [0.1, 0.15) is 43.0 Å². The highest BCUT2D eigenvalue weighted by Crippen LogP contribution is 2.24. The smallest absolute Gasteiger partial charge is 0.0705 e. The topological polar surface area (TPSA) is 45.1 Å². The summed E-state index contributed by atoms with van der Waals surface area (Å²) in [6.07, 6.45) is 5.06. The number of pyridine rings is 1. The van der Waals surface area contributed by atoms with Gasteiger partial charge in [0.15, 0.2) is 0 Å². The molecule has 2 aromatic rings. The second-order valence-corrected chi connectivity index (χ2v) is 5.79. The van der Waals surface area contributed by atoms with Gasteiger partial charge in [-0.3, -0.25) is 4.98 Å². The molecule has 0 aliphatic heterocycles. The Hall–Kier alpha value is -1.45. The van der Waals surface area contributed by atoms with E-state index in [9.17, 15) is 5.11 Å². The first-order valence-electron chi connectivity index (χ1n) is 7.50. The van der Waals surface area contributed by atoms with Crippen LogP contribution in [-0.2, 0) is 0 Å². The molecule has 0 saturated heterocycles. The molecular formula is C17H22N2O. The average Bonchev–Trinajstić information content (AvgIpc) is 2.97. The molecule has 3 nitrogen and oxygen atoms in total. The van der Waals surface area contributed by atoms with Gasteiger partial charge in [-0.25, -0.2) is 0 Å². The number of aromatic nitrogens is 1. The average molecular weight is 270 g/mol. The van der Waals surface area contributed by atoms with Gasteiger partial charge in [-0.1, -0.05) is 25.0 Å². The van der Waals surface area contributed by atoms with Crippen LogP contribution in [0.25, 0.3) is 10.9 Å². The molecule has 1 aliphatic carbocycles. The molecule has 1 atom stereocenters. The maximum Gasteiger partial charge on any atom is 0.0705 e. The molecule has 1 saturated carbocycles. The quantitative estimate of drug-likeness (QED) is 0.897. The highest BCUT2D eigenvalue weighted by molar-refractivity contribution is 5.79. The third kappa shape index (κ3) is 2.84. The number of fused-ring (bicyclic) bond motifs is 1. The van der Waals surface area contributed by atoms with Crippen molar-refractivity contribution in [3.05, 3.63) is 41.6 Å². The lowest BCUT2D eigenvalue weighted by atomic mass is 10.0. The van der Waals surface area contributed by atoms with Crippen LogP contribution in [0.4, 0.5) is 0 Å². The summed E-state index contributed by atoms with van der Waals surface area (Å²) in [6.45, 7) is 2.15. The van der Waals surface area contributed by atoms with Crippen LogP contribution in [-0.4, -0.2) is 22.7 Å². The molecule has 1 aliphatic rings. The highest BCUT2D eigenvalue weighted by Gasteiger charge is 2.19. The van der Waals surface area contributed by atoms with Gasteiger partial charge in [0, 0.05) is 17.1 Å². The van der Waals surface area contributed by atoms with Crippen molar-refractivity contribution >= 4 is 10.9 Å². The van der Waals surface area contributed by atoms with Crippen molar-refractivity contribution in [3.63, 3.8) is 0 Å². The Balaban J connectivity index is 1.85. The Morgan fingerprint density at radius 3 is 2.80 bits per heavy atom. The molecule has 0 radical (unpaired) electrons. The van der Waals surface area contributed by atoms with Crippen LogP contribution in [0.15, 0.2) is 30.3 Å². The van der Waals surface area contributed by atoms with E-state index in [1.165, 1.54) is 25.7 Å². The molecule has 0 spiro atoms. The van der Waals surface area contributed by atoms with E-state index in [2.05, 4.69) is 34.6 Å². The number of hydrogen-bond acceptors (Lipinski definition) is 3. The van der Waals surface area contributed by atoms with Gasteiger partial charge < -0.3 is 10.4 Å². The van der Waals surface area contributed by atoms with Gasteiger partial charge in [0.25, 0.3) is 0 Å². The lowest BCUT2D eigenvalue weighted by Gasteiger charge is -2.21. The number of aliphatic hydroxyl groups is 1. The minimum atomic E-state index is 0.0313. The van der Waals surface area contributed by atoms with E-state index in [-0.39, 0.29) is 12.6 Å². The van der Waals surface area contributed by atoms with E-state index in [4.69, 9.17) is 0 Å². The first kappa shape index (κ1) is 13.5. The zero-order valence-electron chi connectivity index (χ0n) is 12.0. The van der Waals surface area contributed by atoms with Gasteiger partial charge in [-0.15, -0.1) is 0 Å². The normalized spacial score (nSPS) is 17.7. The minimum absolute atomic E-state index is 0.0313. The third-order valence-corrected chi connectivity index (χ3v) is 4.23. The monoisotopic (exact) mass is 270 g/mol. The summed E-state index contributed by atoms with van der Waals surface area (Å²) in [7, 11) is 0. The predicted octanol–water partition coefficient (Wildman–Crippen LogP) is 3.11. The third-order valence-electron chi connectivity index (χ3n) is 4.23. The van der Waals surface area contributed by atoms with Crippen molar-refractivity contribution in [2.24, 2.45) is 0 Å². The predicted molar refractivity (Wildman–Crippen MR) is 81.7 cm³/mol. The van der Waals surface area contributed by atoms with Gasteiger partial charge in [-0.05, 0) is 43.5 Å². The van der Waals surface area contributed by atoms with E-state index < -0.39 is 0 Å². The second kappa shape index (κ2) is 5.90. The summed E-state index contributed by atoms with van der Waals surface area (Å²) >= 11 is 0. The van der Waals surface area contributed by atoms with Crippen molar-refractivity contribution < 1.29 is 5.11 Å². The van der Waals surface area contributed by atoms with Crippen molar-refractivity contribution in [2.75, 3.05) is 6.61 Å². The van der Waals surface area contributed by atoms with Crippen LogP contribution in [0.2, 0.25) is 0 Å². The van der Waals surface area contributed by atoms with E-state index in [1.807, 2.05) is 13.0 Å². The summed E-state index contributed by atoms with van der Waals surface area (Å²) in [4.78, 5) is 4.52. The fourth-order valence-electron chi connectivity index (χ4n) is 3.09. The zero-order valence-corrected chi connectivity index (χ0v) is 12.0.